The summed E-state index contributed by atoms with van der Waals surface area (Å²) in [5, 5.41) is 10.2. The molecule has 4 atom stereocenters. The zero-order valence-electron chi connectivity index (χ0n) is 18.4. The third-order valence-electron chi connectivity index (χ3n) is 6.65. The number of carbonyl (C=O) groups is 1. The van der Waals surface area contributed by atoms with Gasteiger partial charge in [0.1, 0.15) is 0 Å². The van der Waals surface area contributed by atoms with Gasteiger partial charge in [0.15, 0.2) is 0 Å². The first-order valence-corrected chi connectivity index (χ1v) is 11.0. The monoisotopic (exact) mass is 421 g/mol. The maximum Gasteiger partial charge on any atom is 0.258 e. The second-order valence-electron chi connectivity index (χ2n) is 8.74. The van der Waals surface area contributed by atoms with Crippen molar-refractivity contribution in [3.8, 4) is 0 Å². The van der Waals surface area contributed by atoms with Gasteiger partial charge in [0, 0.05) is 50.3 Å². The smallest absolute Gasteiger partial charge is 0.258 e. The van der Waals surface area contributed by atoms with Crippen LogP contribution in [0.2, 0.25) is 0 Å². The molecule has 6 heteroatoms. The summed E-state index contributed by atoms with van der Waals surface area (Å²) < 4.78 is 1.85. The van der Waals surface area contributed by atoms with Crippen molar-refractivity contribution in [3.63, 3.8) is 0 Å². The van der Waals surface area contributed by atoms with Crippen LogP contribution in [0.4, 0.5) is 0 Å². The largest absolute Gasteiger partial charge is 0.396 e. The minimum atomic E-state index is -0.351. The van der Waals surface area contributed by atoms with Crippen LogP contribution in [-0.4, -0.2) is 58.7 Å². The van der Waals surface area contributed by atoms with Gasteiger partial charge in [0.05, 0.1) is 12.1 Å². The van der Waals surface area contributed by atoms with E-state index in [0.717, 1.165) is 24.2 Å². The lowest BCUT2D eigenvalue weighted by Gasteiger charge is -2.32. The van der Waals surface area contributed by atoms with Crippen LogP contribution in [0.15, 0.2) is 47.3 Å². The average Bonchev–Trinajstić information content (AvgIpc) is 3.29. The molecule has 1 aromatic heterocycles. The molecule has 31 heavy (non-hydrogen) atoms. The minimum Gasteiger partial charge on any atom is -0.396 e. The second kappa shape index (κ2) is 8.81. The Balaban J connectivity index is 1.71. The number of rotatable bonds is 6. The van der Waals surface area contributed by atoms with Gasteiger partial charge in [-0.25, -0.2) is 0 Å². The molecule has 0 unspecified atom stereocenters. The number of aliphatic hydroxyl groups excluding tert-OH is 1. The molecule has 0 saturated carbocycles. The van der Waals surface area contributed by atoms with Crippen molar-refractivity contribution in [1.29, 1.82) is 0 Å². The number of aliphatic hydroxyl groups is 1. The number of pyridine rings is 1. The van der Waals surface area contributed by atoms with Crippen LogP contribution in [0.5, 0.6) is 0 Å². The predicted molar refractivity (Wildman–Crippen MR) is 122 cm³/mol. The molecule has 3 heterocycles. The molecule has 1 fully saturated rings. The quantitative estimate of drug-likeness (QED) is 0.778. The summed E-state index contributed by atoms with van der Waals surface area (Å²) >= 11 is 0. The highest BCUT2D eigenvalue weighted by atomic mass is 16.3. The SMILES string of the molecule is CCCN1[C@H](C(=O)N(C)C)[C@@H](CO)[C@@H]2Cn3c(ccc(/C=C/c4ccccc4)c3=O)[C@@H]21. The van der Waals surface area contributed by atoms with Crippen LogP contribution in [0.3, 0.4) is 0 Å². The topological polar surface area (TPSA) is 65.8 Å². The lowest BCUT2D eigenvalue weighted by Crippen LogP contribution is -2.48. The first kappa shape index (κ1) is 21.5. The van der Waals surface area contributed by atoms with Gasteiger partial charge in [0.25, 0.3) is 5.56 Å². The summed E-state index contributed by atoms with van der Waals surface area (Å²) in [6.45, 7) is 3.33. The van der Waals surface area contributed by atoms with E-state index in [2.05, 4.69) is 11.8 Å². The molecule has 0 aliphatic carbocycles. The molecule has 6 nitrogen and oxygen atoms in total. The van der Waals surface area contributed by atoms with E-state index in [1.54, 1.807) is 19.0 Å². The number of aromatic nitrogens is 1. The van der Waals surface area contributed by atoms with Gasteiger partial charge in [-0.3, -0.25) is 14.5 Å². The van der Waals surface area contributed by atoms with Crippen LogP contribution in [0, 0.1) is 11.8 Å². The van der Waals surface area contributed by atoms with E-state index in [4.69, 9.17) is 0 Å². The Labute approximate surface area is 183 Å². The molecule has 0 radical (unpaired) electrons. The molecule has 164 valence electrons. The Morgan fingerprint density at radius 3 is 2.55 bits per heavy atom. The Kier molecular flexibility index (Phi) is 6.12. The zero-order valence-corrected chi connectivity index (χ0v) is 18.4. The number of amides is 1. The van der Waals surface area contributed by atoms with Crippen LogP contribution in [-0.2, 0) is 11.3 Å². The highest BCUT2D eigenvalue weighted by Crippen LogP contribution is 2.49. The van der Waals surface area contributed by atoms with Gasteiger partial charge < -0.3 is 14.6 Å². The van der Waals surface area contributed by atoms with Crippen molar-refractivity contribution in [3.05, 3.63) is 69.6 Å². The Bertz CT molecular complexity index is 1030. The number of hydrogen-bond acceptors (Lipinski definition) is 4. The van der Waals surface area contributed by atoms with Crippen LogP contribution in [0.1, 0.15) is 36.2 Å². The Morgan fingerprint density at radius 1 is 1.16 bits per heavy atom. The highest BCUT2D eigenvalue weighted by Gasteiger charge is 2.55. The summed E-state index contributed by atoms with van der Waals surface area (Å²) in [4.78, 5) is 30.1. The van der Waals surface area contributed by atoms with Crippen molar-refractivity contribution >= 4 is 18.1 Å². The molecular weight excluding hydrogens is 390 g/mol. The molecule has 1 aromatic carbocycles. The summed E-state index contributed by atoms with van der Waals surface area (Å²) in [5.74, 6) is -0.112. The molecule has 1 N–H and O–H groups in total. The van der Waals surface area contributed by atoms with Crippen molar-refractivity contribution < 1.29 is 9.90 Å². The molecule has 1 saturated heterocycles. The summed E-state index contributed by atoms with van der Waals surface area (Å²) in [6.07, 6.45) is 4.72. The van der Waals surface area contributed by atoms with E-state index >= 15 is 0 Å². The first-order valence-electron chi connectivity index (χ1n) is 11.0. The third kappa shape index (κ3) is 3.75. The maximum absolute atomic E-state index is 13.3. The molecule has 2 aromatic rings. The van der Waals surface area contributed by atoms with Crippen molar-refractivity contribution in [2.45, 2.75) is 32.0 Å². The Morgan fingerprint density at radius 2 is 1.90 bits per heavy atom. The van der Waals surface area contributed by atoms with Gasteiger partial charge in [-0.1, -0.05) is 43.3 Å². The van der Waals surface area contributed by atoms with Gasteiger partial charge in [-0.15, -0.1) is 0 Å². The van der Waals surface area contributed by atoms with E-state index in [0.29, 0.717) is 12.1 Å². The molecule has 2 aliphatic heterocycles. The van der Waals surface area contributed by atoms with Crippen molar-refractivity contribution in [2.24, 2.45) is 11.8 Å². The van der Waals surface area contributed by atoms with Crippen LogP contribution >= 0.6 is 0 Å². The zero-order chi connectivity index (χ0) is 22.1. The highest BCUT2D eigenvalue weighted by molar-refractivity contribution is 5.82. The van der Waals surface area contributed by atoms with Gasteiger partial charge in [0.2, 0.25) is 5.91 Å². The molecule has 0 spiro atoms. The molecule has 1 amide bonds. The van der Waals surface area contributed by atoms with E-state index in [1.165, 1.54) is 0 Å². The normalized spacial score (nSPS) is 25.0. The van der Waals surface area contributed by atoms with Gasteiger partial charge >= 0.3 is 0 Å². The summed E-state index contributed by atoms with van der Waals surface area (Å²) in [5.41, 5.74) is 2.63. The molecule has 2 aliphatic rings. The predicted octanol–water partition coefficient (Wildman–Crippen LogP) is 2.48. The number of nitrogens with zero attached hydrogens (tertiary/aromatic N) is 3. The number of hydrogen-bond donors (Lipinski definition) is 1. The number of benzene rings is 1. The molecular formula is C25H31N3O3. The third-order valence-corrected chi connectivity index (χ3v) is 6.65. The van der Waals surface area contributed by atoms with Crippen LogP contribution < -0.4 is 5.56 Å². The number of fused-ring (bicyclic) bond motifs is 3. The standard InChI is InChI=1S/C25H31N3O3/c1-4-14-27-22-19(20(16-29)23(27)25(31)26(2)3)15-28-21(22)13-12-18(24(28)30)11-10-17-8-6-5-7-9-17/h5-13,19-20,22-23,29H,4,14-16H2,1-3H3/b11-10+/t19-,20-,22+,23-/m0/s1. The van der Waals surface area contributed by atoms with Crippen LogP contribution in [0.25, 0.3) is 12.2 Å². The average molecular weight is 422 g/mol. The fourth-order valence-corrected chi connectivity index (χ4v) is 5.26. The van der Waals surface area contributed by atoms with Gasteiger partial charge in [-0.2, -0.15) is 0 Å². The second-order valence-corrected chi connectivity index (χ2v) is 8.74. The summed E-state index contributed by atoms with van der Waals surface area (Å²) in [6, 6.07) is 13.4. The number of likely N-dealkylation sites (tertiary alicyclic amines) is 1. The molecule has 0 bridgehead atoms. The molecule has 4 rings (SSSR count). The van der Waals surface area contributed by atoms with E-state index in [-0.39, 0.29) is 42.0 Å². The van der Waals surface area contributed by atoms with E-state index < -0.39 is 0 Å². The van der Waals surface area contributed by atoms with Crippen molar-refractivity contribution in [1.82, 2.24) is 14.4 Å². The van der Waals surface area contributed by atoms with E-state index in [9.17, 15) is 14.7 Å². The van der Waals surface area contributed by atoms with E-state index in [1.807, 2.05) is 59.2 Å². The minimum absolute atomic E-state index is 0.0114. The fourth-order valence-electron chi connectivity index (χ4n) is 5.26. The Hall–Kier alpha value is -2.70. The lowest BCUT2D eigenvalue weighted by atomic mass is 9.88. The van der Waals surface area contributed by atoms with Crippen molar-refractivity contribution in [2.75, 3.05) is 27.2 Å². The number of likely N-dealkylation sites (N-methyl/N-ethyl adjacent to an activating group) is 1. The lowest BCUT2D eigenvalue weighted by molar-refractivity contribution is -0.135. The van der Waals surface area contributed by atoms with Gasteiger partial charge in [-0.05, 0) is 36.7 Å². The first-order chi connectivity index (χ1) is 15.0. The fraction of sp³-hybridized carbons (Fsp3) is 0.440. The summed E-state index contributed by atoms with van der Waals surface area (Å²) in [7, 11) is 3.53. The number of carbonyl (C=O) groups excluding carboxylic acids is 1. The maximum atomic E-state index is 13.3.